The highest BCUT2D eigenvalue weighted by atomic mass is 32.2. The van der Waals surface area contributed by atoms with E-state index in [9.17, 15) is 9.90 Å². The van der Waals surface area contributed by atoms with Gasteiger partial charge in [0.2, 0.25) is 0 Å². The van der Waals surface area contributed by atoms with E-state index in [1.165, 1.54) is 11.8 Å². The van der Waals surface area contributed by atoms with Crippen molar-refractivity contribution in [1.29, 1.82) is 0 Å². The summed E-state index contributed by atoms with van der Waals surface area (Å²) in [5, 5.41) is 18.3. The van der Waals surface area contributed by atoms with Gasteiger partial charge in [0.05, 0.1) is 11.7 Å². The Morgan fingerprint density at radius 1 is 1.47 bits per heavy atom. The topological polar surface area (TPSA) is 66.8 Å². The maximum absolute atomic E-state index is 11.4. The standard InChI is InChI=1S/C12H16O4S/c1-17-8-9(14)7-16-12-5-3-2-4-10(12)11(15)6-13/h2-5,9,13-14H,6-8H2,1H3. The number of aliphatic hydroxyl groups excluding tert-OH is 2. The van der Waals surface area contributed by atoms with Crippen LogP contribution < -0.4 is 4.74 Å². The monoisotopic (exact) mass is 256 g/mol. The second kappa shape index (κ2) is 7.32. The Kier molecular flexibility index (Phi) is 6.04. The van der Waals surface area contributed by atoms with Crippen molar-refractivity contribution in [3.8, 4) is 5.75 Å². The van der Waals surface area contributed by atoms with Crippen molar-refractivity contribution >= 4 is 17.5 Å². The molecule has 2 N–H and O–H groups in total. The second-order valence-corrected chi connectivity index (χ2v) is 4.41. The van der Waals surface area contributed by atoms with E-state index in [-0.39, 0.29) is 12.4 Å². The van der Waals surface area contributed by atoms with Crippen LogP contribution in [0.4, 0.5) is 0 Å². The van der Waals surface area contributed by atoms with Gasteiger partial charge in [-0.2, -0.15) is 11.8 Å². The SMILES string of the molecule is CSCC(O)COc1ccccc1C(=O)CO. The zero-order valence-corrected chi connectivity index (χ0v) is 10.4. The lowest BCUT2D eigenvalue weighted by Crippen LogP contribution is -2.21. The van der Waals surface area contributed by atoms with E-state index in [1.807, 2.05) is 6.26 Å². The van der Waals surface area contributed by atoms with Gasteiger partial charge in [-0.1, -0.05) is 12.1 Å². The molecule has 1 atom stereocenters. The van der Waals surface area contributed by atoms with Gasteiger partial charge in [0, 0.05) is 5.75 Å². The van der Waals surface area contributed by atoms with Gasteiger partial charge in [0.25, 0.3) is 0 Å². The Bertz CT molecular complexity index is 367. The summed E-state index contributed by atoms with van der Waals surface area (Å²) >= 11 is 1.52. The van der Waals surface area contributed by atoms with E-state index in [2.05, 4.69) is 0 Å². The molecular formula is C12H16O4S. The summed E-state index contributed by atoms with van der Waals surface area (Å²) in [6.07, 6.45) is 1.33. The molecule has 5 heteroatoms. The molecule has 94 valence electrons. The highest BCUT2D eigenvalue weighted by Gasteiger charge is 2.12. The highest BCUT2D eigenvalue weighted by molar-refractivity contribution is 7.98. The Morgan fingerprint density at radius 3 is 2.82 bits per heavy atom. The number of ketones is 1. The molecule has 0 aliphatic rings. The fourth-order valence-electron chi connectivity index (χ4n) is 1.33. The van der Waals surface area contributed by atoms with E-state index >= 15 is 0 Å². The molecular weight excluding hydrogens is 240 g/mol. The van der Waals surface area contributed by atoms with Gasteiger partial charge in [-0.3, -0.25) is 4.79 Å². The van der Waals surface area contributed by atoms with Crippen molar-refractivity contribution in [2.45, 2.75) is 6.10 Å². The minimum absolute atomic E-state index is 0.135. The summed E-state index contributed by atoms with van der Waals surface area (Å²) in [6.45, 7) is -0.412. The molecule has 0 heterocycles. The number of para-hydroxylation sites is 1. The zero-order valence-electron chi connectivity index (χ0n) is 9.63. The lowest BCUT2D eigenvalue weighted by Gasteiger charge is -2.13. The molecule has 0 radical (unpaired) electrons. The number of rotatable bonds is 7. The number of carbonyl (C=O) groups excluding carboxylic acids is 1. The molecule has 0 aliphatic carbocycles. The summed E-state index contributed by atoms with van der Waals surface area (Å²) in [6, 6.07) is 6.68. The van der Waals surface area contributed by atoms with Crippen molar-refractivity contribution in [3.63, 3.8) is 0 Å². The van der Waals surface area contributed by atoms with Gasteiger partial charge in [-0.05, 0) is 18.4 Å². The molecule has 1 aromatic rings. The van der Waals surface area contributed by atoms with Gasteiger partial charge < -0.3 is 14.9 Å². The van der Waals surface area contributed by atoms with Gasteiger partial charge in [0.15, 0.2) is 5.78 Å². The molecule has 1 aromatic carbocycles. The third-order valence-electron chi connectivity index (χ3n) is 2.12. The maximum atomic E-state index is 11.4. The predicted octanol–water partition coefficient (Wildman–Crippen LogP) is 0.964. The number of thioether (sulfide) groups is 1. The molecule has 0 saturated carbocycles. The normalized spacial score (nSPS) is 12.2. The molecule has 4 nitrogen and oxygen atoms in total. The summed E-state index contributed by atoms with van der Waals surface area (Å²) in [5.41, 5.74) is 0.339. The molecule has 0 aromatic heterocycles. The zero-order chi connectivity index (χ0) is 12.7. The maximum Gasteiger partial charge on any atom is 0.191 e. The smallest absolute Gasteiger partial charge is 0.191 e. The quantitative estimate of drug-likeness (QED) is 0.711. The van der Waals surface area contributed by atoms with Gasteiger partial charge in [-0.25, -0.2) is 0 Å². The number of hydrogen-bond acceptors (Lipinski definition) is 5. The lowest BCUT2D eigenvalue weighted by atomic mass is 10.1. The van der Waals surface area contributed by atoms with Crippen LogP contribution >= 0.6 is 11.8 Å². The molecule has 0 saturated heterocycles. The minimum atomic E-state index is -0.567. The Hall–Kier alpha value is -1.04. The fourth-order valence-corrected chi connectivity index (χ4v) is 1.82. The average Bonchev–Trinajstić information content (AvgIpc) is 2.36. The molecule has 0 aliphatic heterocycles. The molecule has 1 rings (SSSR count). The lowest BCUT2D eigenvalue weighted by molar-refractivity contribution is 0.0891. The first-order chi connectivity index (χ1) is 8.19. The number of carbonyl (C=O) groups is 1. The van der Waals surface area contributed by atoms with Crippen molar-refractivity contribution in [2.75, 3.05) is 25.2 Å². The highest BCUT2D eigenvalue weighted by Crippen LogP contribution is 2.18. The number of benzene rings is 1. The van der Waals surface area contributed by atoms with Crippen molar-refractivity contribution < 1.29 is 19.7 Å². The van der Waals surface area contributed by atoms with Crippen molar-refractivity contribution in [2.24, 2.45) is 0 Å². The summed E-state index contributed by atoms with van der Waals surface area (Å²) in [4.78, 5) is 11.4. The van der Waals surface area contributed by atoms with E-state index in [4.69, 9.17) is 9.84 Å². The minimum Gasteiger partial charge on any atom is -0.490 e. The van der Waals surface area contributed by atoms with Crippen LogP contribution in [-0.2, 0) is 0 Å². The first-order valence-electron chi connectivity index (χ1n) is 5.22. The first kappa shape index (κ1) is 14.0. The van der Waals surface area contributed by atoms with E-state index in [0.717, 1.165) is 0 Å². The van der Waals surface area contributed by atoms with Gasteiger partial charge in [-0.15, -0.1) is 0 Å². The van der Waals surface area contributed by atoms with Crippen molar-refractivity contribution in [1.82, 2.24) is 0 Å². The second-order valence-electron chi connectivity index (χ2n) is 3.50. The van der Waals surface area contributed by atoms with Crippen LogP contribution in [0.5, 0.6) is 5.75 Å². The Morgan fingerprint density at radius 2 is 2.18 bits per heavy atom. The Balaban J connectivity index is 2.67. The number of Topliss-reactive ketones (excluding diaryl/α,β-unsaturated/α-hetero) is 1. The summed E-state index contributed by atoms with van der Waals surface area (Å²) in [5.74, 6) is 0.586. The van der Waals surface area contributed by atoms with Crippen LogP contribution in [0.25, 0.3) is 0 Å². The van der Waals surface area contributed by atoms with Crippen LogP contribution in [0, 0.1) is 0 Å². The van der Waals surface area contributed by atoms with Crippen LogP contribution in [0.15, 0.2) is 24.3 Å². The number of aliphatic hydroxyl groups is 2. The number of hydrogen-bond donors (Lipinski definition) is 2. The van der Waals surface area contributed by atoms with Crippen LogP contribution in [0.3, 0.4) is 0 Å². The van der Waals surface area contributed by atoms with Gasteiger partial charge >= 0.3 is 0 Å². The van der Waals surface area contributed by atoms with Crippen molar-refractivity contribution in [3.05, 3.63) is 29.8 Å². The molecule has 0 bridgehead atoms. The van der Waals surface area contributed by atoms with E-state index < -0.39 is 12.7 Å². The van der Waals surface area contributed by atoms with E-state index in [1.54, 1.807) is 24.3 Å². The molecule has 0 spiro atoms. The Labute approximate surface area is 105 Å². The van der Waals surface area contributed by atoms with Crippen LogP contribution in [0.2, 0.25) is 0 Å². The van der Waals surface area contributed by atoms with Crippen LogP contribution in [-0.4, -0.2) is 47.3 Å². The molecule has 17 heavy (non-hydrogen) atoms. The molecule has 0 fully saturated rings. The fraction of sp³-hybridized carbons (Fsp3) is 0.417. The average molecular weight is 256 g/mol. The van der Waals surface area contributed by atoms with Crippen LogP contribution in [0.1, 0.15) is 10.4 Å². The van der Waals surface area contributed by atoms with E-state index in [0.29, 0.717) is 17.1 Å². The summed E-state index contributed by atoms with van der Waals surface area (Å²) < 4.78 is 5.38. The molecule has 1 unspecified atom stereocenters. The largest absolute Gasteiger partial charge is 0.490 e. The molecule has 0 amide bonds. The third-order valence-corrected chi connectivity index (χ3v) is 2.84. The van der Waals surface area contributed by atoms with Gasteiger partial charge in [0.1, 0.15) is 19.0 Å². The summed E-state index contributed by atoms with van der Waals surface area (Å²) in [7, 11) is 0. The third kappa shape index (κ3) is 4.38. The predicted molar refractivity (Wildman–Crippen MR) is 67.7 cm³/mol. The number of ether oxygens (including phenoxy) is 1. The first-order valence-corrected chi connectivity index (χ1v) is 6.61.